The van der Waals surface area contributed by atoms with Crippen LogP contribution in [0.4, 0.5) is 0 Å². The van der Waals surface area contributed by atoms with E-state index in [0.717, 1.165) is 0 Å². The van der Waals surface area contributed by atoms with Crippen molar-refractivity contribution in [1.29, 1.82) is 0 Å². The fourth-order valence-corrected chi connectivity index (χ4v) is 2.44. The summed E-state index contributed by atoms with van der Waals surface area (Å²) in [5, 5.41) is 8.49. The molecule has 1 rings (SSSR count). The van der Waals surface area contributed by atoms with Crippen molar-refractivity contribution < 1.29 is 23.1 Å². The molecule has 0 saturated carbocycles. The SMILES string of the molecule is CC(=O)c1cccc(S(=O)(=O)NCCOCCO)c1. The topological polar surface area (TPSA) is 92.7 Å². The molecule has 0 unspecified atom stereocenters. The Balaban J connectivity index is 2.66. The first kappa shape index (κ1) is 15.8. The van der Waals surface area contributed by atoms with E-state index in [9.17, 15) is 13.2 Å². The number of carbonyl (C=O) groups excluding carboxylic acids is 1. The summed E-state index contributed by atoms with van der Waals surface area (Å²) in [7, 11) is -3.65. The number of hydrogen-bond donors (Lipinski definition) is 2. The Bertz CT molecular complexity index is 527. The smallest absolute Gasteiger partial charge is 0.240 e. The third-order valence-corrected chi connectivity index (χ3v) is 3.78. The van der Waals surface area contributed by atoms with Gasteiger partial charge in [-0.25, -0.2) is 13.1 Å². The van der Waals surface area contributed by atoms with Crippen LogP contribution in [0.15, 0.2) is 29.2 Å². The maximum atomic E-state index is 11.9. The number of rotatable bonds is 8. The van der Waals surface area contributed by atoms with Crippen LogP contribution in [-0.2, 0) is 14.8 Å². The monoisotopic (exact) mass is 287 g/mol. The number of ketones is 1. The molecule has 0 fully saturated rings. The van der Waals surface area contributed by atoms with Gasteiger partial charge in [-0.05, 0) is 19.1 Å². The van der Waals surface area contributed by atoms with Crippen LogP contribution in [0.5, 0.6) is 0 Å². The molecule has 0 atom stereocenters. The summed E-state index contributed by atoms with van der Waals surface area (Å²) >= 11 is 0. The summed E-state index contributed by atoms with van der Waals surface area (Å²) in [4.78, 5) is 11.2. The molecule has 0 heterocycles. The second kappa shape index (κ2) is 7.34. The van der Waals surface area contributed by atoms with Crippen molar-refractivity contribution in [1.82, 2.24) is 4.72 Å². The molecule has 1 aromatic carbocycles. The molecule has 0 radical (unpaired) electrons. The van der Waals surface area contributed by atoms with Crippen LogP contribution in [0.3, 0.4) is 0 Å². The molecular weight excluding hydrogens is 270 g/mol. The van der Waals surface area contributed by atoms with Gasteiger partial charge in [0.15, 0.2) is 5.78 Å². The number of carbonyl (C=O) groups is 1. The van der Waals surface area contributed by atoms with E-state index in [4.69, 9.17) is 9.84 Å². The van der Waals surface area contributed by atoms with E-state index < -0.39 is 10.0 Å². The molecule has 6 nitrogen and oxygen atoms in total. The van der Waals surface area contributed by atoms with Crippen molar-refractivity contribution in [2.45, 2.75) is 11.8 Å². The lowest BCUT2D eigenvalue weighted by atomic mass is 10.2. The summed E-state index contributed by atoms with van der Waals surface area (Å²) in [6.45, 7) is 1.72. The van der Waals surface area contributed by atoms with Gasteiger partial charge in [-0.15, -0.1) is 0 Å². The number of aliphatic hydroxyl groups is 1. The average Bonchev–Trinajstić information content (AvgIpc) is 2.38. The van der Waals surface area contributed by atoms with Crippen LogP contribution in [0.2, 0.25) is 0 Å². The number of Topliss-reactive ketones (excluding diaryl/α,β-unsaturated/α-hetero) is 1. The zero-order chi connectivity index (χ0) is 14.3. The van der Waals surface area contributed by atoms with Crippen LogP contribution in [0.1, 0.15) is 17.3 Å². The number of hydrogen-bond acceptors (Lipinski definition) is 5. The molecule has 7 heteroatoms. The molecule has 19 heavy (non-hydrogen) atoms. The minimum absolute atomic E-state index is 0.0439. The second-order valence-corrected chi connectivity index (χ2v) is 5.58. The lowest BCUT2D eigenvalue weighted by molar-refractivity contribution is 0.0961. The van der Waals surface area contributed by atoms with Crippen LogP contribution in [0.25, 0.3) is 0 Å². The van der Waals surface area contributed by atoms with Crippen molar-refractivity contribution in [2.24, 2.45) is 0 Å². The van der Waals surface area contributed by atoms with E-state index in [2.05, 4.69) is 4.72 Å². The minimum Gasteiger partial charge on any atom is -0.394 e. The molecular formula is C12H17NO5S. The van der Waals surface area contributed by atoms with E-state index >= 15 is 0 Å². The normalized spacial score (nSPS) is 11.5. The van der Waals surface area contributed by atoms with Gasteiger partial charge in [0.25, 0.3) is 0 Å². The van der Waals surface area contributed by atoms with Crippen LogP contribution in [0, 0.1) is 0 Å². The van der Waals surface area contributed by atoms with E-state index in [1.807, 2.05) is 0 Å². The molecule has 0 aliphatic carbocycles. The van der Waals surface area contributed by atoms with Gasteiger partial charge in [0.05, 0.1) is 24.7 Å². The lowest BCUT2D eigenvalue weighted by Gasteiger charge is -2.07. The van der Waals surface area contributed by atoms with Crippen molar-refractivity contribution >= 4 is 15.8 Å². The van der Waals surface area contributed by atoms with Crippen molar-refractivity contribution in [3.63, 3.8) is 0 Å². The number of sulfonamides is 1. The summed E-state index contributed by atoms with van der Waals surface area (Å²) in [5.41, 5.74) is 0.347. The molecule has 106 valence electrons. The van der Waals surface area contributed by atoms with Gasteiger partial charge in [-0.2, -0.15) is 0 Å². The number of aliphatic hydroxyl groups excluding tert-OH is 1. The second-order valence-electron chi connectivity index (χ2n) is 3.82. The predicted molar refractivity (Wildman–Crippen MR) is 69.5 cm³/mol. The molecule has 0 saturated heterocycles. The van der Waals surface area contributed by atoms with E-state index in [0.29, 0.717) is 5.56 Å². The van der Waals surface area contributed by atoms with E-state index in [-0.39, 0.29) is 37.0 Å². The fraction of sp³-hybridized carbons (Fsp3) is 0.417. The summed E-state index contributed by atoms with van der Waals surface area (Å²) in [5.74, 6) is -0.191. The highest BCUT2D eigenvalue weighted by Gasteiger charge is 2.14. The van der Waals surface area contributed by atoms with Crippen LogP contribution < -0.4 is 4.72 Å². The van der Waals surface area contributed by atoms with Gasteiger partial charge in [0.1, 0.15) is 0 Å². The Morgan fingerprint density at radius 3 is 2.74 bits per heavy atom. The standard InChI is InChI=1S/C12H17NO5S/c1-10(15)11-3-2-4-12(9-11)19(16,17)13-5-7-18-8-6-14/h2-4,9,13-14H,5-8H2,1H3. The number of ether oxygens (including phenoxy) is 1. The van der Waals surface area contributed by atoms with E-state index in [1.54, 1.807) is 6.07 Å². The Hall–Kier alpha value is -1.28. The van der Waals surface area contributed by atoms with Crippen molar-refractivity contribution in [3.05, 3.63) is 29.8 Å². The Labute approximate surface area is 112 Å². The summed E-state index contributed by atoms with van der Waals surface area (Å²) in [6, 6.07) is 5.84. The predicted octanol–water partition coefficient (Wildman–Crippen LogP) is 0.176. The lowest BCUT2D eigenvalue weighted by Crippen LogP contribution is -2.27. The van der Waals surface area contributed by atoms with Gasteiger partial charge >= 0.3 is 0 Å². The van der Waals surface area contributed by atoms with Gasteiger partial charge in [-0.1, -0.05) is 12.1 Å². The van der Waals surface area contributed by atoms with Crippen LogP contribution >= 0.6 is 0 Å². The van der Waals surface area contributed by atoms with Gasteiger partial charge < -0.3 is 9.84 Å². The molecule has 0 aliphatic rings. The number of nitrogens with one attached hydrogen (secondary N) is 1. The van der Waals surface area contributed by atoms with Gasteiger partial charge in [0.2, 0.25) is 10.0 Å². The highest BCUT2D eigenvalue weighted by molar-refractivity contribution is 7.89. The average molecular weight is 287 g/mol. The van der Waals surface area contributed by atoms with E-state index in [1.165, 1.54) is 25.1 Å². The Kier molecular flexibility index (Phi) is 6.10. The first-order chi connectivity index (χ1) is 8.97. The maximum absolute atomic E-state index is 11.9. The highest BCUT2D eigenvalue weighted by Crippen LogP contribution is 2.11. The first-order valence-electron chi connectivity index (χ1n) is 5.76. The number of benzene rings is 1. The van der Waals surface area contributed by atoms with Crippen LogP contribution in [-0.4, -0.2) is 45.7 Å². The Morgan fingerprint density at radius 1 is 1.37 bits per heavy atom. The molecule has 0 bridgehead atoms. The highest BCUT2D eigenvalue weighted by atomic mass is 32.2. The zero-order valence-corrected chi connectivity index (χ0v) is 11.4. The maximum Gasteiger partial charge on any atom is 0.240 e. The van der Waals surface area contributed by atoms with Crippen molar-refractivity contribution in [3.8, 4) is 0 Å². The third-order valence-electron chi connectivity index (χ3n) is 2.32. The van der Waals surface area contributed by atoms with Gasteiger partial charge in [0, 0.05) is 12.1 Å². The van der Waals surface area contributed by atoms with Gasteiger partial charge in [-0.3, -0.25) is 4.79 Å². The molecule has 1 aromatic rings. The molecule has 0 aromatic heterocycles. The largest absolute Gasteiger partial charge is 0.394 e. The summed E-state index contributed by atoms with van der Waals surface area (Å²) in [6.07, 6.45) is 0. The first-order valence-corrected chi connectivity index (χ1v) is 7.25. The zero-order valence-electron chi connectivity index (χ0n) is 10.6. The molecule has 2 N–H and O–H groups in total. The quantitative estimate of drug-likeness (QED) is 0.525. The summed E-state index contributed by atoms with van der Waals surface area (Å²) < 4.78 is 31.1. The van der Waals surface area contributed by atoms with Crippen molar-refractivity contribution in [2.75, 3.05) is 26.4 Å². The molecule has 0 amide bonds. The minimum atomic E-state index is -3.65. The molecule has 0 spiro atoms. The Morgan fingerprint density at radius 2 is 2.11 bits per heavy atom. The third kappa shape index (κ3) is 5.07. The molecule has 0 aliphatic heterocycles. The fourth-order valence-electron chi connectivity index (χ4n) is 1.38.